The van der Waals surface area contributed by atoms with Gasteiger partial charge in [-0.25, -0.2) is 0 Å². The van der Waals surface area contributed by atoms with Crippen LogP contribution in [0.1, 0.15) is 45.4 Å². The van der Waals surface area contributed by atoms with E-state index in [1.807, 2.05) is 0 Å². The number of halogens is 1. The molecule has 0 heterocycles. The van der Waals surface area contributed by atoms with Crippen LogP contribution in [0.3, 0.4) is 0 Å². The lowest BCUT2D eigenvalue weighted by atomic mass is 9.63. The Morgan fingerprint density at radius 2 is 2.41 bits per heavy atom. The van der Waals surface area contributed by atoms with Crippen molar-refractivity contribution in [1.82, 2.24) is 0 Å². The van der Waals surface area contributed by atoms with Gasteiger partial charge in [-0.2, -0.15) is 0 Å². The minimum atomic E-state index is 0.407. The summed E-state index contributed by atoms with van der Waals surface area (Å²) in [5, 5.41) is 2.49. The van der Waals surface area contributed by atoms with Gasteiger partial charge in [0.25, 0.3) is 0 Å². The third-order valence-corrected chi connectivity index (χ3v) is 5.50. The minimum absolute atomic E-state index is 0.407. The first-order valence-corrected chi connectivity index (χ1v) is 7.37. The van der Waals surface area contributed by atoms with Crippen LogP contribution in [0.25, 0.3) is 0 Å². The first kappa shape index (κ1) is 13.1. The second-order valence-corrected chi connectivity index (χ2v) is 6.02. The van der Waals surface area contributed by atoms with E-state index in [1.165, 1.54) is 32.1 Å². The number of rotatable bonds is 4. The minimum Gasteiger partial charge on any atom is -0.364 e. The van der Waals surface area contributed by atoms with Gasteiger partial charge in [0, 0.05) is 0 Å². The van der Waals surface area contributed by atoms with Crippen LogP contribution < -0.4 is 0 Å². The van der Waals surface area contributed by atoms with Gasteiger partial charge in [0.05, 0.1) is 0 Å². The highest BCUT2D eigenvalue weighted by Gasteiger charge is 2.48. The van der Waals surface area contributed by atoms with Crippen molar-refractivity contribution < 1.29 is 4.84 Å². The summed E-state index contributed by atoms with van der Waals surface area (Å²) in [5.41, 5.74) is 1.99. The van der Waals surface area contributed by atoms with E-state index in [0.29, 0.717) is 17.9 Å². The summed E-state index contributed by atoms with van der Waals surface area (Å²) in [4.78, 5) is 16.7. The summed E-state index contributed by atoms with van der Waals surface area (Å²) in [5.74, 6) is 1.40. The van der Waals surface area contributed by atoms with Gasteiger partial charge in [-0.1, -0.05) is 28.4 Å². The number of hydrogen-bond acceptors (Lipinski definition) is 3. The molecule has 2 aliphatic rings. The third kappa shape index (κ3) is 2.42. The number of hydrogen-bond donors (Lipinski definition) is 0. The largest absolute Gasteiger partial charge is 0.364 e. The Bertz CT molecular complexity index is 319. The van der Waals surface area contributed by atoms with Crippen LogP contribution in [0, 0.1) is 22.2 Å². The molecule has 0 amide bonds. The molecule has 2 fully saturated rings. The van der Waals surface area contributed by atoms with Gasteiger partial charge in [0.15, 0.2) is 5.34 Å². The first-order chi connectivity index (χ1) is 8.22. The lowest BCUT2D eigenvalue weighted by molar-refractivity contribution is 0.0777. The van der Waals surface area contributed by atoms with Gasteiger partial charge >= 0.3 is 0 Å². The van der Waals surface area contributed by atoms with Gasteiger partial charge in [0.2, 0.25) is 0 Å². The quantitative estimate of drug-likeness (QED) is 0.433. The Kier molecular flexibility index (Phi) is 4.23. The first-order valence-electron chi connectivity index (χ1n) is 6.46. The molecular weight excluding hydrogens is 282 g/mol. The maximum Gasteiger partial charge on any atom is 0.155 e. The fourth-order valence-corrected chi connectivity index (χ4v) is 4.53. The molecule has 3 nitrogen and oxygen atoms in total. The Balaban J connectivity index is 2.04. The molecule has 0 aliphatic heterocycles. The molecule has 0 aromatic carbocycles. The fourth-order valence-electron chi connectivity index (χ4n) is 3.98. The van der Waals surface area contributed by atoms with E-state index in [-0.39, 0.29) is 0 Å². The monoisotopic (exact) mass is 301 g/mol. The average molecular weight is 302 g/mol. The highest BCUT2D eigenvalue weighted by atomic mass is 79.9. The molecule has 2 rings (SSSR count). The van der Waals surface area contributed by atoms with Crippen molar-refractivity contribution in [2.75, 3.05) is 6.61 Å². The van der Waals surface area contributed by atoms with Gasteiger partial charge < -0.3 is 4.84 Å². The average Bonchev–Trinajstić information content (AvgIpc) is 2.66. The van der Waals surface area contributed by atoms with Crippen LogP contribution >= 0.6 is 15.9 Å². The maximum atomic E-state index is 9.95. The van der Waals surface area contributed by atoms with E-state index in [1.54, 1.807) is 5.57 Å². The molecule has 4 heteroatoms. The lowest BCUT2D eigenvalue weighted by Crippen LogP contribution is -2.33. The van der Waals surface area contributed by atoms with E-state index in [4.69, 9.17) is 0 Å². The molecule has 0 bridgehead atoms. The Morgan fingerprint density at radius 3 is 3.12 bits per heavy atom. The Labute approximate surface area is 111 Å². The van der Waals surface area contributed by atoms with Gasteiger partial charge in [-0.05, 0) is 60.8 Å². The Hall–Kier alpha value is -0.380. The zero-order chi connectivity index (χ0) is 12.3. The van der Waals surface area contributed by atoms with Crippen molar-refractivity contribution in [3.8, 4) is 0 Å². The fraction of sp³-hybridized carbons (Fsp3) is 0.846. The SMILES string of the molecule is CC12CCC/C(=C\Br)C1CCC2CCON=O. The van der Waals surface area contributed by atoms with Crippen molar-refractivity contribution >= 4 is 15.9 Å². The third-order valence-electron chi connectivity index (χ3n) is 4.91. The van der Waals surface area contributed by atoms with Crippen molar-refractivity contribution in [2.24, 2.45) is 22.6 Å². The van der Waals surface area contributed by atoms with Crippen LogP contribution in [-0.2, 0) is 4.84 Å². The zero-order valence-corrected chi connectivity index (χ0v) is 11.9. The number of nitrogens with zero attached hydrogens (tertiary/aromatic N) is 1. The zero-order valence-electron chi connectivity index (χ0n) is 10.3. The predicted molar refractivity (Wildman–Crippen MR) is 71.5 cm³/mol. The Morgan fingerprint density at radius 1 is 1.59 bits per heavy atom. The maximum absolute atomic E-state index is 9.95. The standard InChI is InChI=1S/C13H20BrNO2/c1-13-7-2-3-10(9-14)12(13)5-4-11(13)6-8-17-15-16/h9,11-12H,2-8H2,1H3/b10-9+. The van der Waals surface area contributed by atoms with E-state index >= 15 is 0 Å². The molecule has 0 N–H and O–H groups in total. The smallest absolute Gasteiger partial charge is 0.155 e. The van der Waals surface area contributed by atoms with Gasteiger partial charge in [-0.3, -0.25) is 0 Å². The molecule has 3 unspecified atom stereocenters. The molecular formula is C13H20BrNO2. The molecule has 0 aromatic heterocycles. The van der Waals surface area contributed by atoms with E-state index in [9.17, 15) is 4.91 Å². The molecule has 0 aromatic rings. The van der Waals surface area contributed by atoms with Crippen LogP contribution in [0.4, 0.5) is 0 Å². The van der Waals surface area contributed by atoms with Crippen LogP contribution in [0.2, 0.25) is 0 Å². The van der Waals surface area contributed by atoms with E-state index < -0.39 is 0 Å². The second kappa shape index (κ2) is 5.51. The number of allylic oxidation sites excluding steroid dienone is 1. The molecule has 0 saturated heterocycles. The molecule has 0 radical (unpaired) electrons. The topological polar surface area (TPSA) is 38.7 Å². The highest BCUT2D eigenvalue weighted by Crippen LogP contribution is 2.58. The van der Waals surface area contributed by atoms with Crippen LogP contribution in [0.15, 0.2) is 15.9 Å². The lowest BCUT2D eigenvalue weighted by Gasteiger charge is -2.42. The van der Waals surface area contributed by atoms with E-state index in [2.05, 4.69) is 38.0 Å². The normalized spacial score (nSPS) is 39.1. The van der Waals surface area contributed by atoms with Crippen molar-refractivity contribution in [3.05, 3.63) is 15.5 Å². The molecule has 17 heavy (non-hydrogen) atoms. The second-order valence-electron chi connectivity index (χ2n) is 5.57. The summed E-state index contributed by atoms with van der Waals surface area (Å²) in [7, 11) is 0. The summed E-state index contributed by atoms with van der Waals surface area (Å²) in [6.45, 7) is 2.89. The summed E-state index contributed by atoms with van der Waals surface area (Å²) < 4.78 is 0. The van der Waals surface area contributed by atoms with Gasteiger partial charge in [-0.15, -0.1) is 4.91 Å². The van der Waals surface area contributed by atoms with Crippen molar-refractivity contribution in [3.63, 3.8) is 0 Å². The summed E-state index contributed by atoms with van der Waals surface area (Å²) >= 11 is 3.51. The summed E-state index contributed by atoms with van der Waals surface area (Å²) in [6, 6.07) is 0. The molecule has 0 spiro atoms. The van der Waals surface area contributed by atoms with Gasteiger partial charge in [0.1, 0.15) is 6.61 Å². The summed E-state index contributed by atoms with van der Waals surface area (Å²) in [6.07, 6.45) is 7.34. The molecule has 3 atom stereocenters. The molecule has 96 valence electrons. The predicted octanol–water partition coefficient (Wildman–Crippen LogP) is 4.57. The highest BCUT2D eigenvalue weighted by molar-refractivity contribution is 9.11. The van der Waals surface area contributed by atoms with Crippen molar-refractivity contribution in [2.45, 2.75) is 45.4 Å². The van der Waals surface area contributed by atoms with Crippen LogP contribution in [-0.4, -0.2) is 6.61 Å². The van der Waals surface area contributed by atoms with Crippen LogP contribution in [0.5, 0.6) is 0 Å². The molecule has 2 aliphatic carbocycles. The molecule has 2 saturated carbocycles. The van der Waals surface area contributed by atoms with E-state index in [0.717, 1.165) is 12.3 Å². The van der Waals surface area contributed by atoms with Crippen molar-refractivity contribution in [1.29, 1.82) is 0 Å². The number of fused-ring (bicyclic) bond motifs is 1.